The maximum atomic E-state index is 12.0. The number of rotatable bonds is 2. The van der Waals surface area contributed by atoms with E-state index in [0.717, 1.165) is 38.5 Å². The number of carbonyl (C=O) groups excluding carboxylic acids is 1. The summed E-state index contributed by atoms with van der Waals surface area (Å²) in [7, 11) is 1.85. The predicted octanol–water partition coefficient (Wildman–Crippen LogP) is 2.74. The van der Waals surface area contributed by atoms with Gasteiger partial charge in [0.05, 0.1) is 12.1 Å². The normalized spacial score (nSPS) is 33.4. The van der Waals surface area contributed by atoms with Gasteiger partial charge in [-0.25, -0.2) is 4.79 Å². The van der Waals surface area contributed by atoms with Gasteiger partial charge in [-0.1, -0.05) is 6.42 Å². The Morgan fingerprint density at radius 1 is 1.25 bits per heavy atom. The molecule has 8 heteroatoms. The Labute approximate surface area is 185 Å². The van der Waals surface area contributed by atoms with E-state index in [-0.39, 0.29) is 36.1 Å². The molecule has 2 aliphatic heterocycles. The first-order valence-electron chi connectivity index (χ1n) is 10.4. The van der Waals surface area contributed by atoms with Gasteiger partial charge in [-0.05, 0) is 46.5 Å². The highest BCUT2D eigenvalue weighted by atomic mass is 127. The average Bonchev–Trinajstić information content (AvgIpc) is 3.13. The average molecular weight is 506 g/mol. The fourth-order valence-corrected chi connectivity index (χ4v) is 5.44. The number of carbonyl (C=O) groups is 1. The van der Waals surface area contributed by atoms with Gasteiger partial charge in [-0.15, -0.1) is 24.0 Å². The van der Waals surface area contributed by atoms with Gasteiger partial charge in [0.15, 0.2) is 5.96 Å². The Morgan fingerprint density at radius 2 is 2.00 bits per heavy atom. The van der Waals surface area contributed by atoms with Crippen LogP contribution in [0.3, 0.4) is 0 Å². The molecule has 7 nitrogen and oxygen atoms in total. The maximum absolute atomic E-state index is 12.0. The summed E-state index contributed by atoms with van der Waals surface area (Å²) in [5.74, 6) is 1.59. The molecule has 2 aliphatic carbocycles. The molecule has 4 fully saturated rings. The van der Waals surface area contributed by atoms with Gasteiger partial charge in [0, 0.05) is 44.1 Å². The van der Waals surface area contributed by atoms with Crippen molar-refractivity contribution < 1.29 is 14.3 Å². The van der Waals surface area contributed by atoms with Gasteiger partial charge in [0.1, 0.15) is 5.60 Å². The summed E-state index contributed by atoms with van der Waals surface area (Å²) in [6.45, 7) is 8.21. The number of alkyl carbamates (subject to hydrolysis) is 1. The molecule has 4 unspecified atom stereocenters. The van der Waals surface area contributed by atoms with Crippen LogP contribution in [0, 0.1) is 11.3 Å². The third-order valence-corrected chi connectivity index (χ3v) is 6.74. The number of aliphatic imine (C=N–C) groups is 1. The quantitative estimate of drug-likeness (QED) is 0.343. The van der Waals surface area contributed by atoms with Crippen LogP contribution in [-0.4, -0.2) is 67.5 Å². The highest BCUT2D eigenvalue weighted by Gasteiger charge is 2.66. The Bertz CT molecular complexity index is 617. The number of hydrogen-bond donors (Lipinski definition) is 2. The van der Waals surface area contributed by atoms with Gasteiger partial charge in [-0.2, -0.15) is 0 Å². The maximum Gasteiger partial charge on any atom is 0.407 e. The highest BCUT2D eigenvalue weighted by molar-refractivity contribution is 14.0. The van der Waals surface area contributed by atoms with E-state index < -0.39 is 5.60 Å². The fraction of sp³-hybridized carbons (Fsp3) is 0.900. The molecule has 2 saturated heterocycles. The van der Waals surface area contributed by atoms with Gasteiger partial charge in [-0.3, -0.25) is 4.99 Å². The van der Waals surface area contributed by atoms with E-state index in [1.54, 1.807) is 0 Å². The first-order valence-corrected chi connectivity index (χ1v) is 10.4. The van der Waals surface area contributed by atoms with Crippen molar-refractivity contribution >= 4 is 36.0 Å². The minimum absolute atomic E-state index is 0. The molecule has 0 aromatic carbocycles. The van der Waals surface area contributed by atoms with Crippen molar-refractivity contribution in [2.45, 2.75) is 76.7 Å². The molecule has 2 saturated carbocycles. The second-order valence-electron chi connectivity index (χ2n) is 9.58. The van der Waals surface area contributed by atoms with E-state index in [2.05, 4.69) is 20.5 Å². The van der Waals surface area contributed by atoms with Crippen molar-refractivity contribution in [2.75, 3.05) is 26.7 Å². The summed E-state index contributed by atoms with van der Waals surface area (Å²) in [6, 6.07) is 0.579. The zero-order valence-electron chi connectivity index (χ0n) is 17.5. The number of fused-ring (bicyclic) bond motifs is 2. The largest absolute Gasteiger partial charge is 0.444 e. The molecule has 1 spiro atoms. The first kappa shape index (κ1) is 21.9. The highest BCUT2D eigenvalue weighted by Crippen LogP contribution is 2.62. The second-order valence-corrected chi connectivity index (χ2v) is 9.58. The summed E-state index contributed by atoms with van der Waals surface area (Å²) in [5.41, 5.74) is -0.133. The minimum Gasteiger partial charge on any atom is -0.444 e. The van der Waals surface area contributed by atoms with Crippen molar-refractivity contribution in [2.24, 2.45) is 16.3 Å². The number of halogens is 1. The predicted molar refractivity (Wildman–Crippen MR) is 119 cm³/mol. The van der Waals surface area contributed by atoms with E-state index >= 15 is 0 Å². The molecular weight excluding hydrogens is 471 g/mol. The van der Waals surface area contributed by atoms with Crippen molar-refractivity contribution in [3.05, 3.63) is 0 Å². The third kappa shape index (κ3) is 3.95. The smallest absolute Gasteiger partial charge is 0.407 e. The number of hydrogen-bond acceptors (Lipinski definition) is 4. The molecule has 2 heterocycles. The SMILES string of the molecule is CN=C(NC1C2CCOC2C12CCC2)N1CCC(NC(=O)OC(C)(C)C)C1.I. The van der Waals surface area contributed by atoms with Crippen LogP contribution in [0.2, 0.25) is 0 Å². The summed E-state index contributed by atoms with van der Waals surface area (Å²) in [4.78, 5) is 18.8. The van der Waals surface area contributed by atoms with E-state index in [0.29, 0.717) is 23.5 Å². The van der Waals surface area contributed by atoms with Crippen LogP contribution in [0.25, 0.3) is 0 Å². The second kappa shape index (κ2) is 8.16. The molecule has 0 aromatic rings. The zero-order valence-corrected chi connectivity index (χ0v) is 19.8. The molecule has 0 aromatic heterocycles. The lowest BCUT2D eigenvalue weighted by Gasteiger charge is -2.63. The molecule has 4 rings (SSSR count). The van der Waals surface area contributed by atoms with Crippen molar-refractivity contribution in [1.29, 1.82) is 0 Å². The van der Waals surface area contributed by atoms with Gasteiger partial charge in [0.2, 0.25) is 0 Å². The molecule has 0 bridgehead atoms. The number of amides is 1. The Hall–Kier alpha value is -0.770. The number of ether oxygens (including phenoxy) is 2. The molecule has 4 aliphatic rings. The zero-order chi connectivity index (χ0) is 19.2. The lowest BCUT2D eigenvalue weighted by Crippen LogP contribution is -2.72. The standard InChI is InChI=1S/C20H34N4O3.HI/c1-19(2,3)27-18(25)22-13-6-10-24(12-13)17(21-4)23-15-14-7-11-26-16(14)20(15)8-5-9-20;/h13-16H,5-12H2,1-4H3,(H,21,23)(H,22,25);1H. The van der Waals surface area contributed by atoms with Crippen LogP contribution in [-0.2, 0) is 9.47 Å². The minimum atomic E-state index is -0.471. The molecule has 0 radical (unpaired) electrons. The van der Waals surface area contributed by atoms with E-state index in [9.17, 15) is 4.79 Å². The van der Waals surface area contributed by atoms with Crippen LogP contribution < -0.4 is 10.6 Å². The number of nitrogens with one attached hydrogen (secondary N) is 2. The topological polar surface area (TPSA) is 75.2 Å². The summed E-state index contributed by atoms with van der Waals surface area (Å²) < 4.78 is 11.4. The molecule has 2 N–H and O–H groups in total. The third-order valence-electron chi connectivity index (χ3n) is 6.74. The Morgan fingerprint density at radius 3 is 2.61 bits per heavy atom. The number of guanidine groups is 1. The monoisotopic (exact) mass is 506 g/mol. The summed E-state index contributed by atoms with van der Waals surface area (Å²) in [5, 5.41) is 6.77. The fourth-order valence-electron chi connectivity index (χ4n) is 5.44. The Kier molecular flexibility index (Phi) is 6.39. The summed E-state index contributed by atoms with van der Waals surface area (Å²) >= 11 is 0. The van der Waals surface area contributed by atoms with Crippen LogP contribution in [0.5, 0.6) is 0 Å². The van der Waals surface area contributed by atoms with Gasteiger partial charge in [0.25, 0.3) is 0 Å². The molecule has 28 heavy (non-hydrogen) atoms. The lowest BCUT2D eigenvalue weighted by atomic mass is 9.46. The van der Waals surface area contributed by atoms with Crippen LogP contribution in [0.15, 0.2) is 4.99 Å². The van der Waals surface area contributed by atoms with E-state index in [1.807, 2.05) is 27.8 Å². The van der Waals surface area contributed by atoms with Crippen molar-refractivity contribution in [1.82, 2.24) is 15.5 Å². The Balaban J connectivity index is 0.00000225. The van der Waals surface area contributed by atoms with Crippen molar-refractivity contribution in [3.8, 4) is 0 Å². The number of likely N-dealkylation sites (tertiary alicyclic amines) is 1. The lowest BCUT2D eigenvalue weighted by molar-refractivity contribution is -0.171. The van der Waals surface area contributed by atoms with Crippen LogP contribution in [0.1, 0.15) is 52.9 Å². The molecule has 1 amide bonds. The van der Waals surface area contributed by atoms with E-state index in [4.69, 9.17) is 9.47 Å². The molecule has 160 valence electrons. The first-order chi connectivity index (χ1) is 12.8. The van der Waals surface area contributed by atoms with E-state index in [1.165, 1.54) is 19.3 Å². The molecule has 4 atom stereocenters. The van der Waals surface area contributed by atoms with Crippen molar-refractivity contribution in [3.63, 3.8) is 0 Å². The van der Waals surface area contributed by atoms with Crippen LogP contribution in [0.4, 0.5) is 4.79 Å². The molecular formula is C20H35IN4O3. The van der Waals surface area contributed by atoms with Gasteiger partial charge >= 0.3 is 6.09 Å². The van der Waals surface area contributed by atoms with Crippen LogP contribution >= 0.6 is 24.0 Å². The number of nitrogens with zero attached hydrogens (tertiary/aromatic N) is 2. The van der Waals surface area contributed by atoms with Gasteiger partial charge < -0.3 is 25.0 Å². The summed E-state index contributed by atoms with van der Waals surface area (Å²) in [6.07, 6.45) is 6.04.